The maximum absolute atomic E-state index is 12.9. The topological polar surface area (TPSA) is 47.6 Å². The molecule has 0 aliphatic carbocycles. The van der Waals surface area contributed by atoms with Gasteiger partial charge >= 0.3 is 0 Å². The lowest BCUT2D eigenvalue weighted by atomic mass is 10.1. The van der Waals surface area contributed by atoms with Gasteiger partial charge in [-0.05, 0) is 55.2 Å². The molecule has 1 amide bonds. The Bertz CT molecular complexity index is 960. The molecule has 156 valence electrons. The fourth-order valence-electron chi connectivity index (χ4n) is 3.01. The zero-order chi connectivity index (χ0) is 21.2. The SMILES string of the molecule is CCCOc1ccc(Br)cc1C(=O)Nc1ccccc1OCCCc1ccccc1. The number of carbonyl (C=O) groups excluding carboxylic acids is 1. The number of rotatable bonds is 10. The highest BCUT2D eigenvalue weighted by Gasteiger charge is 2.15. The maximum Gasteiger partial charge on any atom is 0.259 e. The molecule has 0 spiro atoms. The van der Waals surface area contributed by atoms with Crippen LogP contribution in [0.5, 0.6) is 11.5 Å². The summed E-state index contributed by atoms with van der Waals surface area (Å²) < 4.78 is 12.5. The van der Waals surface area contributed by atoms with Gasteiger partial charge in [-0.2, -0.15) is 0 Å². The summed E-state index contributed by atoms with van der Waals surface area (Å²) in [6, 6.07) is 23.3. The van der Waals surface area contributed by atoms with E-state index in [0.29, 0.717) is 36.0 Å². The standard InChI is InChI=1S/C25H26BrNO3/c1-2-16-29-23-15-14-20(26)18-21(23)25(28)27-22-12-6-7-13-24(22)30-17-8-11-19-9-4-3-5-10-19/h3-7,9-10,12-15,18H,2,8,11,16-17H2,1H3,(H,27,28). The number of ether oxygens (including phenoxy) is 2. The van der Waals surface area contributed by atoms with Crippen LogP contribution in [0.1, 0.15) is 35.7 Å². The fraction of sp³-hybridized carbons (Fsp3) is 0.240. The number of nitrogens with one attached hydrogen (secondary N) is 1. The first kappa shape index (κ1) is 21.9. The Morgan fingerprint density at radius 2 is 1.63 bits per heavy atom. The molecule has 4 nitrogen and oxygen atoms in total. The smallest absolute Gasteiger partial charge is 0.259 e. The van der Waals surface area contributed by atoms with Crippen molar-refractivity contribution in [1.82, 2.24) is 0 Å². The zero-order valence-corrected chi connectivity index (χ0v) is 18.7. The number of carbonyl (C=O) groups is 1. The van der Waals surface area contributed by atoms with Crippen LogP contribution in [0, 0.1) is 0 Å². The van der Waals surface area contributed by atoms with Crippen LogP contribution in [0.4, 0.5) is 5.69 Å². The Hall–Kier alpha value is -2.79. The summed E-state index contributed by atoms with van der Waals surface area (Å²) in [4.78, 5) is 12.9. The van der Waals surface area contributed by atoms with Crippen molar-refractivity contribution < 1.29 is 14.3 Å². The van der Waals surface area contributed by atoms with Crippen LogP contribution >= 0.6 is 15.9 Å². The van der Waals surface area contributed by atoms with Crippen molar-refractivity contribution in [2.45, 2.75) is 26.2 Å². The summed E-state index contributed by atoms with van der Waals surface area (Å²) in [5, 5.41) is 2.96. The van der Waals surface area contributed by atoms with Crippen molar-refractivity contribution in [3.05, 3.63) is 88.4 Å². The lowest BCUT2D eigenvalue weighted by molar-refractivity contribution is 0.102. The van der Waals surface area contributed by atoms with Gasteiger partial charge in [0.1, 0.15) is 11.5 Å². The van der Waals surface area contributed by atoms with Crippen molar-refractivity contribution in [2.75, 3.05) is 18.5 Å². The van der Waals surface area contributed by atoms with Gasteiger partial charge in [0.05, 0.1) is 24.5 Å². The third-order valence-corrected chi connectivity index (χ3v) is 4.99. The molecule has 1 N–H and O–H groups in total. The van der Waals surface area contributed by atoms with Gasteiger partial charge in [0.15, 0.2) is 0 Å². The van der Waals surface area contributed by atoms with E-state index in [1.807, 2.05) is 55.5 Å². The summed E-state index contributed by atoms with van der Waals surface area (Å²) in [6.45, 7) is 3.16. The predicted molar refractivity (Wildman–Crippen MR) is 125 cm³/mol. The number of hydrogen-bond donors (Lipinski definition) is 1. The molecule has 3 rings (SSSR count). The van der Waals surface area contributed by atoms with Crippen LogP contribution in [0.3, 0.4) is 0 Å². The molecular weight excluding hydrogens is 442 g/mol. The van der Waals surface area contributed by atoms with E-state index < -0.39 is 0 Å². The fourth-order valence-corrected chi connectivity index (χ4v) is 3.37. The highest BCUT2D eigenvalue weighted by atomic mass is 79.9. The van der Waals surface area contributed by atoms with Crippen molar-refractivity contribution in [1.29, 1.82) is 0 Å². The monoisotopic (exact) mass is 467 g/mol. The van der Waals surface area contributed by atoms with Crippen LogP contribution in [0.15, 0.2) is 77.3 Å². The number of para-hydroxylation sites is 2. The van der Waals surface area contributed by atoms with Crippen LogP contribution in [-0.4, -0.2) is 19.1 Å². The number of anilines is 1. The van der Waals surface area contributed by atoms with Gasteiger partial charge in [0.25, 0.3) is 5.91 Å². The van der Waals surface area contributed by atoms with Crippen molar-refractivity contribution in [3.8, 4) is 11.5 Å². The molecule has 0 atom stereocenters. The molecule has 0 saturated heterocycles. The molecule has 0 aliphatic rings. The average molecular weight is 468 g/mol. The molecule has 0 unspecified atom stereocenters. The van der Waals surface area contributed by atoms with E-state index >= 15 is 0 Å². The average Bonchev–Trinajstić information content (AvgIpc) is 2.77. The Kier molecular flexibility index (Phi) is 8.33. The van der Waals surface area contributed by atoms with Crippen molar-refractivity contribution >= 4 is 27.5 Å². The van der Waals surface area contributed by atoms with E-state index in [0.717, 1.165) is 23.7 Å². The van der Waals surface area contributed by atoms with Crippen LogP contribution < -0.4 is 14.8 Å². The summed E-state index contributed by atoms with van der Waals surface area (Å²) in [5.41, 5.74) is 2.41. The first-order chi connectivity index (χ1) is 14.7. The molecule has 3 aromatic carbocycles. The number of halogens is 1. The molecule has 0 saturated carbocycles. The van der Waals surface area contributed by atoms with Gasteiger partial charge in [-0.25, -0.2) is 0 Å². The van der Waals surface area contributed by atoms with E-state index in [1.54, 1.807) is 12.1 Å². The number of aryl methyl sites for hydroxylation is 1. The van der Waals surface area contributed by atoms with Gasteiger partial charge in [-0.15, -0.1) is 0 Å². The molecule has 0 fully saturated rings. The first-order valence-corrected chi connectivity index (χ1v) is 11.0. The first-order valence-electron chi connectivity index (χ1n) is 10.2. The van der Waals surface area contributed by atoms with Gasteiger partial charge in [0, 0.05) is 4.47 Å². The molecule has 0 bridgehead atoms. The molecule has 0 aliphatic heterocycles. The van der Waals surface area contributed by atoms with Crippen molar-refractivity contribution in [2.24, 2.45) is 0 Å². The lowest BCUT2D eigenvalue weighted by Gasteiger charge is -2.15. The Labute approximate surface area is 186 Å². The third kappa shape index (κ3) is 6.36. The Morgan fingerprint density at radius 1 is 0.900 bits per heavy atom. The van der Waals surface area contributed by atoms with Crippen LogP contribution in [0.25, 0.3) is 0 Å². The largest absolute Gasteiger partial charge is 0.493 e. The van der Waals surface area contributed by atoms with Gasteiger partial charge < -0.3 is 14.8 Å². The van der Waals surface area contributed by atoms with E-state index in [-0.39, 0.29) is 5.91 Å². The third-order valence-electron chi connectivity index (χ3n) is 4.49. The zero-order valence-electron chi connectivity index (χ0n) is 17.1. The highest BCUT2D eigenvalue weighted by Crippen LogP contribution is 2.28. The van der Waals surface area contributed by atoms with E-state index in [4.69, 9.17) is 9.47 Å². The highest BCUT2D eigenvalue weighted by molar-refractivity contribution is 9.10. The minimum atomic E-state index is -0.234. The number of benzene rings is 3. The number of hydrogen-bond acceptors (Lipinski definition) is 3. The normalized spacial score (nSPS) is 10.5. The molecule has 0 radical (unpaired) electrons. The minimum Gasteiger partial charge on any atom is -0.493 e. The van der Waals surface area contributed by atoms with Gasteiger partial charge in [-0.1, -0.05) is 65.3 Å². The summed E-state index contributed by atoms with van der Waals surface area (Å²) >= 11 is 3.43. The Balaban J connectivity index is 1.64. The lowest BCUT2D eigenvalue weighted by Crippen LogP contribution is -2.15. The molecule has 3 aromatic rings. The molecule has 30 heavy (non-hydrogen) atoms. The Morgan fingerprint density at radius 3 is 2.43 bits per heavy atom. The maximum atomic E-state index is 12.9. The van der Waals surface area contributed by atoms with Crippen LogP contribution in [-0.2, 0) is 6.42 Å². The van der Waals surface area contributed by atoms with Gasteiger partial charge in [0.2, 0.25) is 0 Å². The minimum absolute atomic E-state index is 0.234. The molecular formula is C25H26BrNO3. The van der Waals surface area contributed by atoms with Crippen molar-refractivity contribution in [3.63, 3.8) is 0 Å². The summed E-state index contributed by atoms with van der Waals surface area (Å²) in [5.74, 6) is 0.992. The quantitative estimate of drug-likeness (QED) is 0.346. The van der Waals surface area contributed by atoms with Gasteiger partial charge in [-0.3, -0.25) is 4.79 Å². The molecule has 5 heteroatoms. The number of amides is 1. The second-order valence-corrected chi connectivity index (χ2v) is 7.79. The van der Waals surface area contributed by atoms with E-state index in [1.165, 1.54) is 5.56 Å². The molecule has 0 heterocycles. The summed E-state index contributed by atoms with van der Waals surface area (Å²) in [6.07, 6.45) is 2.72. The van der Waals surface area contributed by atoms with E-state index in [9.17, 15) is 4.79 Å². The second kappa shape index (κ2) is 11.4. The van der Waals surface area contributed by atoms with Crippen LogP contribution in [0.2, 0.25) is 0 Å². The second-order valence-electron chi connectivity index (χ2n) is 6.88. The molecule has 0 aromatic heterocycles. The van der Waals surface area contributed by atoms with E-state index in [2.05, 4.69) is 33.4 Å². The summed E-state index contributed by atoms with van der Waals surface area (Å²) in [7, 11) is 0. The predicted octanol–water partition coefficient (Wildman–Crippen LogP) is 6.50.